The van der Waals surface area contributed by atoms with E-state index in [1.165, 1.54) is 12.1 Å². The average Bonchev–Trinajstić information content (AvgIpc) is 3.15. The minimum Gasteiger partial charge on any atom is -0.325 e. The molecular weight excluding hydrogens is 449 g/mol. The molecule has 31 heavy (non-hydrogen) atoms. The summed E-state index contributed by atoms with van der Waals surface area (Å²) in [6.45, 7) is 3.87. The standard InChI is InChI=1S/C20H17F3N4O2S2/c1-11-6-7-13(8-12(11)2)17(29)25-18-26-27-19(31-18)30-10-16(28)24-15-5-3-4-14(9-15)20(21,22)23/h3-9H,10H2,1-2H3,(H,24,28)(H,25,26,29). The molecule has 0 aliphatic rings. The van der Waals surface area contributed by atoms with Gasteiger partial charge >= 0.3 is 6.18 Å². The molecule has 6 nitrogen and oxygen atoms in total. The van der Waals surface area contributed by atoms with Gasteiger partial charge in [0.25, 0.3) is 5.91 Å². The van der Waals surface area contributed by atoms with Crippen LogP contribution < -0.4 is 10.6 Å². The van der Waals surface area contributed by atoms with Gasteiger partial charge in [0.2, 0.25) is 11.0 Å². The second-order valence-corrected chi connectivity index (χ2v) is 8.74. The number of amides is 2. The van der Waals surface area contributed by atoms with E-state index in [0.29, 0.717) is 9.90 Å². The molecule has 0 atom stereocenters. The number of carbonyl (C=O) groups is 2. The number of hydrogen-bond acceptors (Lipinski definition) is 6. The van der Waals surface area contributed by atoms with Gasteiger partial charge in [-0.05, 0) is 55.3 Å². The zero-order valence-corrected chi connectivity index (χ0v) is 18.0. The second-order valence-electron chi connectivity index (χ2n) is 6.54. The summed E-state index contributed by atoms with van der Waals surface area (Å²) in [6.07, 6.45) is -4.49. The number of carbonyl (C=O) groups excluding carboxylic acids is 2. The van der Waals surface area contributed by atoms with Gasteiger partial charge in [0.1, 0.15) is 0 Å². The van der Waals surface area contributed by atoms with Crippen LogP contribution in [0, 0.1) is 13.8 Å². The van der Waals surface area contributed by atoms with E-state index >= 15 is 0 Å². The molecule has 0 saturated carbocycles. The largest absolute Gasteiger partial charge is 0.416 e. The third kappa shape index (κ3) is 6.28. The van der Waals surface area contributed by atoms with Crippen LogP contribution in [-0.2, 0) is 11.0 Å². The van der Waals surface area contributed by atoms with Gasteiger partial charge in [-0.15, -0.1) is 10.2 Å². The first kappa shape index (κ1) is 22.8. The lowest BCUT2D eigenvalue weighted by Gasteiger charge is -2.09. The van der Waals surface area contributed by atoms with E-state index < -0.39 is 17.6 Å². The van der Waals surface area contributed by atoms with Gasteiger partial charge < -0.3 is 5.32 Å². The molecule has 3 rings (SSSR count). The summed E-state index contributed by atoms with van der Waals surface area (Å²) in [5.74, 6) is -0.881. The van der Waals surface area contributed by atoms with Crippen molar-refractivity contribution in [1.29, 1.82) is 0 Å². The second kappa shape index (κ2) is 9.48. The van der Waals surface area contributed by atoms with Gasteiger partial charge in [0.15, 0.2) is 4.34 Å². The minimum atomic E-state index is -4.49. The lowest BCUT2D eigenvalue weighted by atomic mass is 10.1. The van der Waals surface area contributed by atoms with Crippen LogP contribution in [0.25, 0.3) is 0 Å². The van der Waals surface area contributed by atoms with Crippen molar-refractivity contribution < 1.29 is 22.8 Å². The van der Waals surface area contributed by atoms with Crippen molar-refractivity contribution in [2.75, 3.05) is 16.4 Å². The van der Waals surface area contributed by atoms with E-state index in [1.54, 1.807) is 12.1 Å². The Bertz CT molecular complexity index is 1120. The highest BCUT2D eigenvalue weighted by Gasteiger charge is 2.30. The third-order valence-electron chi connectivity index (χ3n) is 4.20. The summed E-state index contributed by atoms with van der Waals surface area (Å²) in [5.41, 5.74) is 1.78. The molecule has 1 heterocycles. The van der Waals surface area contributed by atoms with E-state index in [-0.39, 0.29) is 22.5 Å². The number of benzene rings is 2. The van der Waals surface area contributed by atoms with Crippen LogP contribution >= 0.6 is 23.1 Å². The van der Waals surface area contributed by atoms with Crippen LogP contribution in [-0.4, -0.2) is 27.8 Å². The van der Waals surface area contributed by atoms with Crippen LogP contribution in [0.5, 0.6) is 0 Å². The molecule has 0 radical (unpaired) electrons. The Morgan fingerprint density at radius 1 is 1.03 bits per heavy atom. The van der Waals surface area contributed by atoms with Gasteiger partial charge in [0.05, 0.1) is 11.3 Å². The predicted octanol–water partition coefficient (Wildman–Crippen LogP) is 5.16. The molecule has 162 valence electrons. The first-order chi connectivity index (χ1) is 14.6. The van der Waals surface area contributed by atoms with Gasteiger partial charge in [-0.3, -0.25) is 14.9 Å². The number of halogens is 3. The monoisotopic (exact) mass is 466 g/mol. The molecule has 0 spiro atoms. The van der Waals surface area contributed by atoms with Crippen molar-refractivity contribution >= 4 is 45.7 Å². The van der Waals surface area contributed by atoms with Crippen molar-refractivity contribution in [3.8, 4) is 0 Å². The van der Waals surface area contributed by atoms with E-state index in [1.807, 2.05) is 19.9 Å². The van der Waals surface area contributed by atoms with Crippen LogP contribution in [0.15, 0.2) is 46.8 Å². The smallest absolute Gasteiger partial charge is 0.325 e. The van der Waals surface area contributed by atoms with Gasteiger partial charge in [-0.2, -0.15) is 13.2 Å². The zero-order valence-electron chi connectivity index (χ0n) is 16.4. The molecule has 1 aromatic heterocycles. The molecule has 0 aliphatic carbocycles. The average molecular weight is 467 g/mol. The Morgan fingerprint density at radius 3 is 2.52 bits per heavy atom. The Morgan fingerprint density at radius 2 is 1.81 bits per heavy atom. The Labute approximate surface area is 184 Å². The first-order valence-electron chi connectivity index (χ1n) is 8.94. The maximum Gasteiger partial charge on any atom is 0.416 e. The van der Waals surface area contributed by atoms with Crippen LogP contribution in [0.3, 0.4) is 0 Å². The molecule has 0 saturated heterocycles. The fourth-order valence-electron chi connectivity index (χ4n) is 2.47. The van der Waals surface area contributed by atoms with Crippen LogP contribution in [0.1, 0.15) is 27.0 Å². The number of rotatable bonds is 6. The number of aryl methyl sites for hydroxylation is 2. The van der Waals surface area contributed by atoms with Gasteiger partial charge in [-0.1, -0.05) is 35.2 Å². The highest BCUT2D eigenvalue weighted by Crippen LogP contribution is 2.31. The quantitative estimate of drug-likeness (QED) is 0.387. The number of thioether (sulfide) groups is 1. The number of nitrogens with zero attached hydrogens (tertiary/aromatic N) is 2. The van der Waals surface area contributed by atoms with E-state index in [9.17, 15) is 22.8 Å². The summed E-state index contributed by atoms with van der Waals surface area (Å²) in [6, 6.07) is 9.75. The van der Waals surface area contributed by atoms with Crippen LogP contribution in [0.2, 0.25) is 0 Å². The fraction of sp³-hybridized carbons (Fsp3) is 0.200. The van der Waals surface area contributed by atoms with E-state index in [4.69, 9.17) is 0 Å². The van der Waals surface area contributed by atoms with Crippen molar-refractivity contribution in [2.24, 2.45) is 0 Å². The van der Waals surface area contributed by atoms with Crippen molar-refractivity contribution in [3.05, 3.63) is 64.7 Å². The van der Waals surface area contributed by atoms with E-state index in [2.05, 4.69) is 20.8 Å². The van der Waals surface area contributed by atoms with Crippen molar-refractivity contribution in [2.45, 2.75) is 24.4 Å². The molecular formula is C20H17F3N4O2S2. The summed E-state index contributed by atoms with van der Waals surface area (Å²) in [5, 5.41) is 13.2. The lowest BCUT2D eigenvalue weighted by Crippen LogP contribution is -2.15. The van der Waals surface area contributed by atoms with Crippen LogP contribution in [0.4, 0.5) is 24.0 Å². The van der Waals surface area contributed by atoms with Gasteiger partial charge in [0, 0.05) is 11.3 Å². The minimum absolute atomic E-state index is 0.0547. The Balaban J connectivity index is 1.53. The number of nitrogens with one attached hydrogen (secondary N) is 2. The molecule has 0 unspecified atom stereocenters. The van der Waals surface area contributed by atoms with Gasteiger partial charge in [-0.25, -0.2) is 0 Å². The molecule has 0 fully saturated rings. The number of alkyl halides is 3. The summed E-state index contributed by atoms with van der Waals surface area (Å²) < 4.78 is 38.7. The Kier molecular flexibility index (Phi) is 6.96. The summed E-state index contributed by atoms with van der Waals surface area (Å²) >= 11 is 2.16. The molecule has 2 amide bonds. The number of hydrogen-bond donors (Lipinski definition) is 2. The number of aromatic nitrogens is 2. The molecule has 0 bridgehead atoms. The highest BCUT2D eigenvalue weighted by atomic mass is 32.2. The molecule has 11 heteroatoms. The predicted molar refractivity (Wildman–Crippen MR) is 115 cm³/mol. The third-order valence-corrected chi connectivity index (χ3v) is 6.17. The lowest BCUT2D eigenvalue weighted by molar-refractivity contribution is -0.137. The van der Waals surface area contributed by atoms with Crippen molar-refractivity contribution in [3.63, 3.8) is 0 Å². The molecule has 2 N–H and O–H groups in total. The topological polar surface area (TPSA) is 84.0 Å². The summed E-state index contributed by atoms with van der Waals surface area (Å²) in [7, 11) is 0. The molecule has 2 aromatic carbocycles. The maximum absolute atomic E-state index is 12.8. The summed E-state index contributed by atoms with van der Waals surface area (Å²) in [4.78, 5) is 24.4. The Hall–Kier alpha value is -2.92. The van der Waals surface area contributed by atoms with E-state index in [0.717, 1.165) is 46.4 Å². The zero-order chi connectivity index (χ0) is 22.6. The molecule has 0 aliphatic heterocycles. The molecule has 3 aromatic rings. The SMILES string of the molecule is Cc1ccc(C(=O)Nc2nnc(SCC(=O)Nc3cccc(C(F)(F)F)c3)s2)cc1C. The fourth-order valence-corrected chi connectivity index (χ4v) is 4.02. The number of anilines is 2. The first-order valence-corrected chi connectivity index (χ1v) is 10.7. The van der Waals surface area contributed by atoms with Crippen molar-refractivity contribution in [1.82, 2.24) is 10.2 Å². The maximum atomic E-state index is 12.8. The normalized spacial score (nSPS) is 11.3. The highest BCUT2D eigenvalue weighted by molar-refractivity contribution is 8.01.